The van der Waals surface area contributed by atoms with Crippen LogP contribution in [0, 0.1) is 20.8 Å². The lowest BCUT2D eigenvalue weighted by atomic mass is 9.92. The van der Waals surface area contributed by atoms with E-state index >= 15 is 0 Å². The van der Waals surface area contributed by atoms with Crippen LogP contribution in [0.3, 0.4) is 0 Å². The van der Waals surface area contributed by atoms with E-state index in [4.69, 9.17) is 14.2 Å². The Hall–Kier alpha value is -2.89. The first-order valence-corrected chi connectivity index (χ1v) is 9.65. The molecule has 2 aromatic heterocycles. The fourth-order valence-corrected chi connectivity index (χ4v) is 4.16. The molecule has 1 saturated heterocycles. The molecule has 1 fully saturated rings. The first-order chi connectivity index (χ1) is 13.5. The molecule has 1 aliphatic rings. The molecule has 1 aliphatic heterocycles. The zero-order valence-corrected chi connectivity index (χ0v) is 16.8. The van der Waals surface area contributed by atoms with Gasteiger partial charge in [-0.05, 0) is 62.8 Å². The number of methoxy groups -OCH3 is 1. The zero-order valence-electron chi connectivity index (χ0n) is 16.8. The molecular formula is C22H25N3O3. The van der Waals surface area contributed by atoms with Crippen molar-refractivity contribution in [2.24, 2.45) is 0 Å². The van der Waals surface area contributed by atoms with Crippen molar-refractivity contribution in [3.8, 4) is 5.75 Å². The Morgan fingerprint density at radius 2 is 2.11 bits per heavy atom. The normalized spacial score (nSPS) is 17.1. The van der Waals surface area contributed by atoms with Gasteiger partial charge in [0.1, 0.15) is 17.1 Å². The number of hydrogen-bond acceptors (Lipinski definition) is 5. The summed E-state index contributed by atoms with van der Waals surface area (Å²) >= 11 is 0. The number of aryl methyl sites for hydroxylation is 3. The predicted octanol–water partition coefficient (Wildman–Crippen LogP) is 4.18. The van der Waals surface area contributed by atoms with Crippen LogP contribution in [0.4, 0.5) is 0 Å². The molecule has 0 bridgehead atoms. The molecule has 3 heterocycles. The Bertz CT molecular complexity index is 1020. The lowest BCUT2D eigenvalue weighted by molar-refractivity contribution is 0.0703. The highest BCUT2D eigenvalue weighted by molar-refractivity contribution is 5.96. The maximum Gasteiger partial charge on any atom is 0.259 e. The SMILES string of the molecule is COc1ccc2cnc(C3CCCN(C(=O)c4c(C)noc4C)C3)cc2c1C. The number of carbonyl (C=O) groups is 1. The average molecular weight is 379 g/mol. The topological polar surface area (TPSA) is 68.5 Å². The zero-order chi connectivity index (χ0) is 19.8. The Morgan fingerprint density at radius 1 is 1.29 bits per heavy atom. The van der Waals surface area contributed by atoms with E-state index in [1.165, 1.54) is 0 Å². The molecule has 4 rings (SSSR count). The molecule has 0 spiro atoms. The lowest BCUT2D eigenvalue weighted by Crippen LogP contribution is -2.39. The summed E-state index contributed by atoms with van der Waals surface area (Å²) < 4.78 is 10.6. The van der Waals surface area contributed by atoms with E-state index in [0.29, 0.717) is 23.6 Å². The summed E-state index contributed by atoms with van der Waals surface area (Å²) in [7, 11) is 1.69. The van der Waals surface area contributed by atoms with E-state index in [1.807, 2.05) is 30.2 Å². The van der Waals surface area contributed by atoms with Gasteiger partial charge in [0.05, 0.1) is 12.8 Å². The maximum atomic E-state index is 13.0. The average Bonchev–Trinajstić information content (AvgIpc) is 3.06. The minimum atomic E-state index is -0.000381. The quantitative estimate of drug-likeness (QED) is 0.683. The Kier molecular flexibility index (Phi) is 4.79. The summed E-state index contributed by atoms with van der Waals surface area (Å²) in [4.78, 5) is 19.6. The number of likely N-dealkylation sites (tertiary alicyclic amines) is 1. The molecule has 1 amide bonds. The van der Waals surface area contributed by atoms with Crippen molar-refractivity contribution in [3.05, 3.63) is 52.7 Å². The number of pyridine rings is 1. The first-order valence-electron chi connectivity index (χ1n) is 9.65. The van der Waals surface area contributed by atoms with E-state index in [2.05, 4.69) is 18.1 Å². The van der Waals surface area contributed by atoms with Crippen LogP contribution in [0.1, 0.15) is 51.8 Å². The molecule has 1 aromatic carbocycles. The van der Waals surface area contributed by atoms with Gasteiger partial charge in [-0.15, -0.1) is 0 Å². The van der Waals surface area contributed by atoms with Gasteiger partial charge in [0.25, 0.3) is 5.91 Å². The van der Waals surface area contributed by atoms with E-state index in [-0.39, 0.29) is 11.8 Å². The number of aromatic nitrogens is 2. The largest absolute Gasteiger partial charge is 0.496 e. The molecular weight excluding hydrogens is 354 g/mol. The minimum absolute atomic E-state index is 0.000381. The summed E-state index contributed by atoms with van der Waals surface area (Å²) in [5, 5.41) is 6.17. The van der Waals surface area contributed by atoms with Crippen molar-refractivity contribution in [3.63, 3.8) is 0 Å². The van der Waals surface area contributed by atoms with Crippen LogP contribution >= 0.6 is 0 Å². The highest BCUT2D eigenvalue weighted by Gasteiger charge is 2.29. The van der Waals surface area contributed by atoms with E-state index < -0.39 is 0 Å². The van der Waals surface area contributed by atoms with Gasteiger partial charge < -0.3 is 14.2 Å². The number of ether oxygens (including phenoxy) is 1. The van der Waals surface area contributed by atoms with Gasteiger partial charge in [-0.25, -0.2) is 0 Å². The molecule has 3 aromatic rings. The lowest BCUT2D eigenvalue weighted by Gasteiger charge is -2.32. The van der Waals surface area contributed by atoms with E-state index in [9.17, 15) is 4.79 Å². The van der Waals surface area contributed by atoms with Crippen molar-refractivity contribution >= 4 is 16.7 Å². The summed E-state index contributed by atoms with van der Waals surface area (Å²) in [6.07, 6.45) is 3.90. The molecule has 1 atom stereocenters. The van der Waals surface area contributed by atoms with Gasteiger partial charge in [-0.2, -0.15) is 0 Å². The maximum absolute atomic E-state index is 13.0. The highest BCUT2D eigenvalue weighted by atomic mass is 16.5. The van der Waals surface area contributed by atoms with Gasteiger partial charge in [-0.3, -0.25) is 9.78 Å². The standard InChI is InChI=1S/C22H25N3O3/c1-13-18-10-19(23-11-16(18)7-8-20(13)27-4)17-6-5-9-25(12-17)22(26)21-14(2)24-28-15(21)3/h7-8,10-11,17H,5-6,9,12H2,1-4H3. The number of benzene rings is 1. The van der Waals surface area contributed by atoms with Crippen LogP contribution in [-0.2, 0) is 0 Å². The van der Waals surface area contributed by atoms with Gasteiger partial charge in [-0.1, -0.05) is 5.16 Å². The molecule has 1 unspecified atom stereocenters. The summed E-state index contributed by atoms with van der Waals surface area (Å²) in [6, 6.07) is 6.16. The third kappa shape index (κ3) is 3.13. The second-order valence-corrected chi connectivity index (χ2v) is 7.51. The first kappa shape index (κ1) is 18.5. The van der Waals surface area contributed by atoms with Crippen molar-refractivity contribution in [1.82, 2.24) is 15.0 Å². The number of fused-ring (bicyclic) bond motifs is 1. The van der Waals surface area contributed by atoms with Crippen LogP contribution in [0.5, 0.6) is 5.75 Å². The number of piperidine rings is 1. The second-order valence-electron chi connectivity index (χ2n) is 7.51. The molecule has 0 N–H and O–H groups in total. The Balaban J connectivity index is 1.63. The van der Waals surface area contributed by atoms with Crippen molar-refractivity contribution in [2.75, 3.05) is 20.2 Å². The van der Waals surface area contributed by atoms with Crippen LogP contribution < -0.4 is 4.74 Å². The minimum Gasteiger partial charge on any atom is -0.496 e. The van der Waals surface area contributed by atoms with Crippen molar-refractivity contribution < 1.29 is 14.1 Å². The van der Waals surface area contributed by atoms with Crippen LogP contribution in [-0.4, -0.2) is 41.1 Å². The van der Waals surface area contributed by atoms with E-state index in [0.717, 1.165) is 47.2 Å². The van der Waals surface area contributed by atoms with Gasteiger partial charge in [0.15, 0.2) is 0 Å². The number of carbonyl (C=O) groups excluding carboxylic acids is 1. The molecule has 6 heteroatoms. The fourth-order valence-electron chi connectivity index (χ4n) is 4.16. The summed E-state index contributed by atoms with van der Waals surface area (Å²) in [6.45, 7) is 7.07. The van der Waals surface area contributed by atoms with Crippen molar-refractivity contribution in [1.29, 1.82) is 0 Å². The highest BCUT2D eigenvalue weighted by Crippen LogP contribution is 2.32. The van der Waals surface area contributed by atoms with Gasteiger partial charge in [0, 0.05) is 36.3 Å². The van der Waals surface area contributed by atoms with Crippen LogP contribution in [0.15, 0.2) is 28.9 Å². The Morgan fingerprint density at radius 3 is 2.82 bits per heavy atom. The summed E-state index contributed by atoms with van der Waals surface area (Å²) in [5.41, 5.74) is 3.38. The summed E-state index contributed by atoms with van der Waals surface area (Å²) in [5.74, 6) is 1.67. The van der Waals surface area contributed by atoms with Crippen LogP contribution in [0.2, 0.25) is 0 Å². The third-order valence-corrected chi connectivity index (χ3v) is 5.74. The smallest absolute Gasteiger partial charge is 0.259 e. The van der Waals surface area contributed by atoms with E-state index in [1.54, 1.807) is 14.0 Å². The van der Waals surface area contributed by atoms with Crippen molar-refractivity contribution in [2.45, 2.75) is 39.5 Å². The molecule has 0 aliphatic carbocycles. The monoisotopic (exact) mass is 379 g/mol. The number of hydrogen-bond donors (Lipinski definition) is 0. The molecule has 146 valence electrons. The van der Waals surface area contributed by atoms with Gasteiger partial charge >= 0.3 is 0 Å². The number of amides is 1. The predicted molar refractivity (Wildman–Crippen MR) is 107 cm³/mol. The number of nitrogens with zero attached hydrogens (tertiary/aromatic N) is 3. The second kappa shape index (κ2) is 7.26. The third-order valence-electron chi connectivity index (χ3n) is 5.74. The van der Waals surface area contributed by atoms with Crippen LogP contribution in [0.25, 0.3) is 10.8 Å². The number of rotatable bonds is 3. The fraction of sp³-hybridized carbons (Fsp3) is 0.409. The Labute approximate surface area is 164 Å². The molecule has 28 heavy (non-hydrogen) atoms. The molecule has 6 nitrogen and oxygen atoms in total. The molecule has 0 saturated carbocycles. The molecule has 0 radical (unpaired) electrons. The van der Waals surface area contributed by atoms with Gasteiger partial charge in [0.2, 0.25) is 0 Å².